The van der Waals surface area contributed by atoms with E-state index >= 15 is 0 Å². The van der Waals surface area contributed by atoms with Crippen molar-refractivity contribution in [2.24, 2.45) is 0 Å². The zero-order valence-corrected chi connectivity index (χ0v) is 9.59. The first kappa shape index (κ1) is 10.2. The molecular weight excluding hydrogens is 180 g/mol. The van der Waals surface area contributed by atoms with Gasteiger partial charge in [0.1, 0.15) is 0 Å². The van der Waals surface area contributed by atoms with Crippen LogP contribution in [0.3, 0.4) is 0 Å². The average Bonchev–Trinajstić information content (AvgIpc) is 2.30. The fourth-order valence-electron chi connectivity index (χ4n) is 2.10. The molecule has 0 heterocycles. The Balaban J connectivity index is 2.35. The minimum atomic E-state index is 1.22. The third-order valence-electron chi connectivity index (χ3n) is 3.03. The quantitative estimate of drug-likeness (QED) is 0.619. The van der Waals surface area contributed by atoms with E-state index in [1.54, 1.807) is 0 Å². The molecule has 15 heavy (non-hydrogen) atoms. The zero-order valence-electron chi connectivity index (χ0n) is 9.59. The monoisotopic (exact) mass is 198 g/mol. The first-order valence-electron chi connectivity index (χ1n) is 5.70. The molecule has 0 N–H and O–H groups in total. The zero-order chi connectivity index (χ0) is 10.7. The minimum Gasteiger partial charge on any atom is -0.0732 e. The summed E-state index contributed by atoms with van der Waals surface area (Å²) >= 11 is 0. The van der Waals surface area contributed by atoms with Gasteiger partial charge >= 0.3 is 0 Å². The van der Waals surface area contributed by atoms with Crippen molar-refractivity contribution in [2.75, 3.05) is 0 Å². The van der Waals surface area contributed by atoms with E-state index in [-0.39, 0.29) is 0 Å². The molecule has 0 fully saturated rings. The maximum Gasteiger partial charge on any atom is -0.0224 e. The molecule has 0 unspecified atom stereocenters. The molecule has 0 saturated heterocycles. The maximum absolute atomic E-state index is 2.38. The fraction of sp³-hybridized carbons (Fsp3) is 0.333. The van der Waals surface area contributed by atoms with Crippen LogP contribution in [0.5, 0.6) is 0 Å². The Hall–Kier alpha value is -1.30. The van der Waals surface area contributed by atoms with Crippen LogP contribution in [0.4, 0.5) is 0 Å². The van der Waals surface area contributed by atoms with E-state index in [1.807, 2.05) is 0 Å². The summed E-state index contributed by atoms with van der Waals surface area (Å²) in [6.07, 6.45) is 6.15. The van der Waals surface area contributed by atoms with Crippen LogP contribution in [0.1, 0.15) is 38.7 Å². The van der Waals surface area contributed by atoms with Gasteiger partial charge < -0.3 is 0 Å². The van der Waals surface area contributed by atoms with Crippen LogP contribution in [0.25, 0.3) is 5.57 Å². The minimum absolute atomic E-state index is 1.22. The second-order valence-electron chi connectivity index (χ2n) is 4.41. The highest BCUT2D eigenvalue weighted by Gasteiger charge is 2.09. The van der Waals surface area contributed by atoms with Crippen LogP contribution in [-0.4, -0.2) is 0 Å². The Labute approximate surface area is 92.3 Å². The van der Waals surface area contributed by atoms with Crippen molar-refractivity contribution in [1.29, 1.82) is 0 Å². The van der Waals surface area contributed by atoms with Crippen LogP contribution < -0.4 is 0 Å². The standard InChI is InChI=1S/C15H18/c1-12(2)14-9-6-10-15(11-14)13-7-4-3-5-8-13/h3-5,7-8,11H,6,9-10H2,1-2H3. The number of hydrogen-bond acceptors (Lipinski definition) is 0. The largest absolute Gasteiger partial charge is 0.0732 e. The van der Waals surface area contributed by atoms with Crippen molar-refractivity contribution in [3.63, 3.8) is 0 Å². The first-order chi connectivity index (χ1) is 7.27. The summed E-state index contributed by atoms with van der Waals surface area (Å²) in [6, 6.07) is 10.7. The molecular formula is C15H18. The fourth-order valence-corrected chi connectivity index (χ4v) is 2.10. The summed E-state index contributed by atoms with van der Waals surface area (Å²) in [4.78, 5) is 0. The molecule has 1 aliphatic carbocycles. The van der Waals surface area contributed by atoms with Gasteiger partial charge in [0.15, 0.2) is 0 Å². The smallest absolute Gasteiger partial charge is 0.0224 e. The van der Waals surface area contributed by atoms with Gasteiger partial charge in [-0.2, -0.15) is 0 Å². The van der Waals surface area contributed by atoms with E-state index in [0.717, 1.165) is 0 Å². The topological polar surface area (TPSA) is 0 Å². The van der Waals surface area contributed by atoms with Gasteiger partial charge in [0.25, 0.3) is 0 Å². The predicted octanol–water partition coefficient (Wildman–Crippen LogP) is 4.59. The van der Waals surface area contributed by atoms with Gasteiger partial charge in [0.2, 0.25) is 0 Å². The van der Waals surface area contributed by atoms with Crippen molar-refractivity contribution < 1.29 is 0 Å². The lowest BCUT2D eigenvalue weighted by Gasteiger charge is -2.16. The van der Waals surface area contributed by atoms with Crippen LogP contribution in [-0.2, 0) is 0 Å². The van der Waals surface area contributed by atoms with Gasteiger partial charge in [-0.1, -0.05) is 42.0 Å². The predicted molar refractivity (Wildman–Crippen MR) is 66.6 cm³/mol. The molecule has 0 aromatic heterocycles. The van der Waals surface area contributed by atoms with E-state index in [1.165, 1.54) is 41.5 Å². The van der Waals surface area contributed by atoms with Gasteiger partial charge in [-0.25, -0.2) is 0 Å². The number of rotatable bonds is 1. The highest BCUT2D eigenvalue weighted by Crippen LogP contribution is 2.30. The molecule has 1 aromatic carbocycles. The average molecular weight is 198 g/mol. The Kier molecular flexibility index (Phi) is 3.05. The molecule has 0 spiro atoms. The van der Waals surface area contributed by atoms with Crippen molar-refractivity contribution in [2.45, 2.75) is 33.1 Å². The van der Waals surface area contributed by atoms with Gasteiger partial charge in [0, 0.05) is 0 Å². The molecule has 2 rings (SSSR count). The van der Waals surface area contributed by atoms with Crippen LogP contribution in [0.2, 0.25) is 0 Å². The third kappa shape index (κ3) is 2.38. The molecule has 0 bridgehead atoms. The molecule has 0 atom stereocenters. The second kappa shape index (κ2) is 4.48. The number of benzene rings is 1. The molecule has 78 valence electrons. The highest BCUT2D eigenvalue weighted by molar-refractivity contribution is 5.69. The normalized spacial score (nSPS) is 16.1. The van der Waals surface area contributed by atoms with Crippen molar-refractivity contribution in [1.82, 2.24) is 0 Å². The molecule has 0 aliphatic heterocycles. The van der Waals surface area contributed by atoms with Crippen molar-refractivity contribution in [3.8, 4) is 0 Å². The van der Waals surface area contributed by atoms with Gasteiger partial charge in [-0.05, 0) is 49.8 Å². The lowest BCUT2D eigenvalue weighted by molar-refractivity contribution is 0.825. The summed E-state index contributed by atoms with van der Waals surface area (Å²) in [7, 11) is 0. The van der Waals surface area contributed by atoms with E-state index < -0.39 is 0 Å². The summed E-state index contributed by atoms with van der Waals surface area (Å²) in [6.45, 7) is 4.42. The van der Waals surface area contributed by atoms with Crippen molar-refractivity contribution in [3.05, 3.63) is 53.1 Å². The maximum atomic E-state index is 2.38. The number of hydrogen-bond donors (Lipinski definition) is 0. The van der Waals surface area contributed by atoms with Crippen LogP contribution in [0.15, 0.2) is 47.6 Å². The Bertz CT molecular complexity index is 389. The molecule has 0 saturated carbocycles. The summed E-state index contributed by atoms with van der Waals surface area (Å²) in [5, 5.41) is 0. The van der Waals surface area contributed by atoms with Gasteiger partial charge in [-0.3, -0.25) is 0 Å². The first-order valence-corrected chi connectivity index (χ1v) is 5.70. The SMILES string of the molecule is CC(C)=C1C=C(c2ccccc2)CCC1. The Morgan fingerprint density at radius 1 is 1.00 bits per heavy atom. The summed E-state index contributed by atoms with van der Waals surface area (Å²) in [5.74, 6) is 0. The molecule has 1 aliphatic rings. The van der Waals surface area contributed by atoms with Crippen molar-refractivity contribution >= 4 is 5.57 Å². The van der Waals surface area contributed by atoms with Gasteiger partial charge in [-0.15, -0.1) is 0 Å². The summed E-state index contributed by atoms with van der Waals surface area (Å²) in [5.41, 5.74) is 5.87. The third-order valence-corrected chi connectivity index (χ3v) is 3.03. The lowest BCUT2D eigenvalue weighted by atomic mass is 9.89. The van der Waals surface area contributed by atoms with E-state index in [9.17, 15) is 0 Å². The second-order valence-corrected chi connectivity index (χ2v) is 4.41. The molecule has 0 amide bonds. The Morgan fingerprint density at radius 2 is 1.73 bits per heavy atom. The van der Waals surface area contributed by atoms with Crippen LogP contribution in [0, 0.1) is 0 Å². The lowest BCUT2D eigenvalue weighted by Crippen LogP contribution is -1.95. The van der Waals surface area contributed by atoms with E-state index in [2.05, 4.69) is 50.3 Å². The van der Waals surface area contributed by atoms with Gasteiger partial charge in [0.05, 0.1) is 0 Å². The summed E-state index contributed by atoms with van der Waals surface area (Å²) < 4.78 is 0. The Morgan fingerprint density at radius 3 is 2.40 bits per heavy atom. The number of allylic oxidation sites excluding steroid dienone is 4. The molecule has 0 radical (unpaired) electrons. The molecule has 1 aromatic rings. The molecule has 0 heteroatoms. The van der Waals surface area contributed by atoms with E-state index in [4.69, 9.17) is 0 Å². The molecule has 0 nitrogen and oxygen atoms in total. The van der Waals surface area contributed by atoms with Crippen LogP contribution >= 0.6 is 0 Å². The van der Waals surface area contributed by atoms with E-state index in [0.29, 0.717) is 0 Å². The highest BCUT2D eigenvalue weighted by atomic mass is 14.1.